The lowest BCUT2D eigenvalue weighted by molar-refractivity contribution is -0.119. The van der Waals surface area contributed by atoms with E-state index < -0.39 is 27.5 Å². The van der Waals surface area contributed by atoms with Crippen LogP contribution in [0.5, 0.6) is 11.5 Å². The molecule has 0 aliphatic rings. The van der Waals surface area contributed by atoms with Gasteiger partial charge in [0.25, 0.3) is 0 Å². The van der Waals surface area contributed by atoms with Gasteiger partial charge in [-0.3, -0.25) is 4.79 Å². The second-order valence-electron chi connectivity index (χ2n) is 5.09. The van der Waals surface area contributed by atoms with Crippen molar-refractivity contribution in [2.24, 2.45) is 0 Å². The van der Waals surface area contributed by atoms with Crippen LogP contribution >= 0.6 is 11.3 Å². The molecule has 2 rings (SSSR count). The second kappa shape index (κ2) is 7.67. The summed E-state index contributed by atoms with van der Waals surface area (Å²) in [6.45, 7) is 1.76. The number of rotatable bonds is 7. The molecule has 0 saturated heterocycles. The number of thiophene rings is 1. The average molecular weight is 369 g/mol. The summed E-state index contributed by atoms with van der Waals surface area (Å²) in [6.07, 6.45) is 0. The molecule has 1 atom stereocenters. The molecular formula is C16H19NO5S2. The zero-order chi connectivity index (χ0) is 17.7. The molecule has 0 bridgehead atoms. The first kappa shape index (κ1) is 18.3. The normalized spacial score (nSPS) is 12.5. The van der Waals surface area contributed by atoms with Crippen molar-refractivity contribution in [3.8, 4) is 11.5 Å². The lowest BCUT2D eigenvalue weighted by Crippen LogP contribution is -2.32. The SMILES string of the molecule is COc1ccc(OC)c(C(C)NC(=O)CS(=O)(=O)c2cccs2)c1. The van der Waals surface area contributed by atoms with Crippen molar-refractivity contribution in [3.05, 3.63) is 41.3 Å². The Bertz CT molecular complexity index is 800. The largest absolute Gasteiger partial charge is 0.497 e. The van der Waals surface area contributed by atoms with E-state index in [-0.39, 0.29) is 4.21 Å². The van der Waals surface area contributed by atoms with Gasteiger partial charge in [0.15, 0.2) is 9.84 Å². The fraction of sp³-hybridized carbons (Fsp3) is 0.312. The Morgan fingerprint density at radius 3 is 2.58 bits per heavy atom. The summed E-state index contributed by atoms with van der Waals surface area (Å²) in [5.41, 5.74) is 0.707. The Labute approximate surface area is 145 Å². The molecular weight excluding hydrogens is 350 g/mol. The fourth-order valence-corrected chi connectivity index (χ4v) is 4.46. The molecule has 0 aliphatic carbocycles. The number of methoxy groups -OCH3 is 2. The molecule has 6 nitrogen and oxygen atoms in total. The zero-order valence-corrected chi connectivity index (χ0v) is 15.2. The van der Waals surface area contributed by atoms with Crippen LogP contribution in [0.25, 0.3) is 0 Å². The van der Waals surface area contributed by atoms with Gasteiger partial charge in [-0.15, -0.1) is 11.3 Å². The summed E-state index contributed by atoms with van der Waals surface area (Å²) >= 11 is 1.09. The van der Waals surface area contributed by atoms with Crippen LogP contribution in [-0.4, -0.2) is 34.3 Å². The predicted molar refractivity (Wildman–Crippen MR) is 92.5 cm³/mol. The highest BCUT2D eigenvalue weighted by molar-refractivity contribution is 7.94. The molecule has 0 radical (unpaired) electrons. The molecule has 1 aromatic carbocycles. The molecule has 8 heteroatoms. The summed E-state index contributed by atoms with van der Waals surface area (Å²) in [4.78, 5) is 12.1. The van der Waals surface area contributed by atoms with Gasteiger partial charge in [-0.05, 0) is 36.6 Å². The number of nitrogens with one attached hydrogen (secondary N) is 1. The summed E-state index contributed by atoms with van der Waals surface area (Å²) in [7, 11) is -0.549. The second-order valence-corrected chi connectivity index (χ2v) is 8.25. The highest BCUT2D eigenvalue weighted by Gasteiger charge is 2.22. The number of carbonyl (C=O) groups is 1. The van der Waals surface area contributed by atoms with E-state index in [1.54, 1.807) is 43.7 Å². The minimum absolute atomic E-state index is 0.185. The highest BCUT2D eigenvalue weighted by Crippen LogP contribution is 2.29. The molecule has 0 fully saturated rings. The van der Waals surface area contributed by atoms with E-state index in [9.17, 15) is 13.2 Å². The van der Waals surface area contributed by atoms with Gasteiger partial charge in [-0.25, -0.2) is 8.42 Å². The zero-order valence-electron chi connectivity index (χ0n) is 13.6. The maximum absolute atomic E-state index is 12.2. The fourth-order valence-electron chi connectivity index (χ4n) is 2.22. The lowest BCUT2D eigenvalue weighted by atomic mass is 10.1. The monoisotopic (exact) mass is 369 g/mol. The van der Waals surface area contributed by atoms with Gasteiger partial charge in [0.2, 0.25) is 5.91 Å². The summed E-state index contributed by atoms with van der Waals surface area (Å²) in [5.74, 6) is 0.0491. The molecule has 1 heterocycles. The number of carbonyl (C=O) groups excluding carboxylic acids is 1. The topological polar surface area (TPSA) is 81.7 Å². The molecule has 1 aromatic heterocycles. The van der Waals surface area contributed by atoms with Crippen molar-refractivity contribution < 1.29 is 22.7 Å². The number of hydrogen-bond donors (Lipinski definition) is 1. The minimum Gasteiger partial charge on any atom is -0.497 e. The summed E-state index contributed by atoms with van der Waals surface area (Å²) in [6, 6.07) is 7.93. The van der Waals surface area contributed by atoms with Crippen LogP contribution in [0.15, 0.2) is 39.9 Å². The Morgan fingerprint density at radius 2 is 2.00 bits per heavy atom. The smallest absolute Gasteiger partial charge is 0.236 e. The van der Waals surface area contributed by atoms with Crippen LogP contribution in [0.1, 0.15) is 18.5 Å². The first-order chi connectivity index (χ1) is 11.4. The highest BCUT2D eigenvalue weighted by atomic mass is 32.2. The number of amides is 1. The van der Waals surface area contributed by atoms with Crippen LogP contribution in [0, 0.1) is 0 Å². The molecule has 1 unspecified atom stereocenters. The molecule has 2 aromatic rings. The Morgan fingerprint density at radius 1 is 1.25 bits per heavy atom. The van der Waals surface area contributed by atoms with Crippen molar-refractivity contribution in [2.45, 2.75) is 17.2 Å². The van der Waals surface area contributed by atoms with E-state index in [1.807, 2.05) is 0 Å². The van der Waals surface area contributed by atoms with Gasteiger partial charge in [-0.2, -0.15) is 0 Å². The van der Waals surface area contributed by atoms with Crippen molar-refractivity contribution in [3.63, 3.8) is 0 Å². The van der Waals surface area contributed by atoms with Crippen molar-refractivity contribution in [2.75, 3.05) is 20.0 Å². The third-order valence-electron chi connectivity index (χ3n) is 3.40. The van der Waals surface area contributed by atoms with E-state index in [2.05, 4.69) is 5.32 Å². The molecule has 0 aliphatic heterocycles. The predicted octanol–water partition coefficient (Wildman–Crippen LogP) is 2.42. The summed E-state index contributed by atoms with van der Waals surface area (Å²) in [5, 5.41) is 4.35. The van der Waals surface area contributed by atoms with E-state index in [4.69, 9.17) is 9.47 Å². The van der Waals surface area contributed by atoms with Crippen LogP contribution in [0.4, 0.5) is 0 Å². The van der Waals surface area contributed by atoms with Crippen LogP contribution in [0.3, 0.4) is 0 Å². The number of ether oxygens (including phenoxy) is 2. The third-order valence-corrected chi connectivity index (χ3v) is 6.51. The van der Waals surface area contributed by atoms with Crippen LogP contribution in [0.2, 0.25) is 0 Å². The molecule has 1 N–H and O–H groups in total. The quantitative estimate of drug-likeness (QED) is 0.810. The van der Waals surface area contributed by atoms with E-state index in [0.29, 0.717) is 17.1 Å². The average Bonchev–Trinajstić information content (AvgIpc) is 3.08. The molecule has 0 spiro atoms. The minimum atomic E-state index is -3.62. The van der Waals surface area contributed by atoms with Gasteiger partial charge in [-0.1, -0.05) is 6.07 Å². The number of benzene rings is 1. The third kappa shape index (κ3) is 4.27. The van der Waals surface area contributed by atoms with Gasteiger partial charge in [0.05, 0.1) is 20.3 Å². The van der Waals surface area contributed by atoms with Crippen molar-refractivity contribution in [1.29, 1.82) is 0 Å². The Kier molecular flexibility index (Phi) is 5.84. The van der Waals surface area contributed by atoms with Gasteiger partial charge >= 0.3 is 0 Å². The van der Waals surface area contributed by atoms with E-state index in [0.717, 1.165) is 11.3 Å². The number of sulfone groups is 1. The van der Waals surface area contributed by atoms with E-state index >= 15 is 0 Å². The molecule has 130 valence electrons. The summed E-state index contributed by atoms with van der Waals surface area (Å²) < 4.78 is 34.9. The standard InChI is InChI=1S/C16H19NO5S2/c1-11(13-9-12(21-2)6-7-14(13)22-3)17-15(18)10-24(19,20)16-5-4-8-23-16/h4-9,11H,10H2,1-3H3,(H,17,18). The maximum atomic E-state index is 12.2. The van der Waals surface area contributed by atoms with Crippen LogP contribution in [-0.2, 0) is 14.6 Å². The van der Waals surface area contributed by atoms with Crippen molar-refractivity contribution in [1.82, 2.24) is 5.32 Å². The number of hydrogen-bond acceptors (Lipinski definition) is 6. The van der Waals surface area contributed by atoms with Gasteiger partial charge in [0, 0.05) is 5.56 Å². The lowest BCUT2D eigenvalue weighted by Gasteiger charge is -2.18. The van der Waals surface area contributed by atoms with Gasteiger partial charge < -0.3 is 14.8 Å². The van der Waals surface area contributed by atoms with Gasteiger partial charge in [0.1, 0.15) is 21.5 Å². The Balaban J connectivity index is 2.12. The molecule has 24 heavy (non-hydrogen) atoms. The maximum Gasteiger partial charge on any atom is 0.236 e. The first-order valence-electron chi connectivity index (χ1n) is 7.15. The Hall–Kier alpha value is -2.06. The van der Waals surface area contributed by atoms with Crippen molar-refractivity contribution >= 4 is 27.1 Å². The van der Waals surface area contributed by atoms with E-state index in [1.165, 1.54) is 13.2 Å². The first-order valence-corrected chi connectivity index (χ1v) is 9.68. The molecule has 0 saturated carbocycles. The molecule has 1 amide bonds. The van der Waals surface area contributed by atoms with Crippen LogP contribution < -0.4 is 14.8 Å².